The van der Waals surface area contributed by atoms with Gasteiger partial charge in [-0.15, -0.1) is 0 Å². The van der Waals surface area contributed by atoms with Gasteiger partial charge in [0.1, 0.15) is 0 Å². The van der Waals surface area contributed by atoms with Gasteiger partial charge in [-0.3, -0.25) is 4.79 Å². The molecule has 4 nitrogen and oxygen atoms in total. The van der Waals surface area contributed by atoms with Crippen LogP contribution in [-0.4, -0.2) is 18.5 Å². The minimum atomic E-state index is 0.103. The van der Waals surface area contributed by atoms with Gasteiger partial charge in [-0.05, 0) is 43.4 Å². The van der Waals surface area contributed by atoms with E-state index in [0.717, 1.165) is 35.6 Å². The molecule has 1 aromatic carbocycles. The average Bonchev–Trinajstić information content (AvgIpc) is 2.68. The summed E-state index contributed by atoms with van der Waals surface area (Å²) in [5, 5.41) is 2.96. The van der Waals surface area contributed by atoms with Crippen molar-refractivity contribution in [2.24, 2.45) is 5.92 Å². The molecule has 19 heavy (non-hydrogen) atoms. The lowest BCUT2D eigenvalue weighted by Gasteiger charge is -2.28. The number of amides is 1. The van der Waals surface area contributed by atoms with Gasteiger partial charge < -0.3 is 16.0 Å². The van der Waals surface area contributed by atoms with Crippen LogP contribution in [0, 0.1) is 5.92 Å². The first-order valence-corrected chi connectivity index (χ1v) is 7.03. The molecule has 0 aliphatic carbocycles. The Morgan fingerprint density at radius 2 is 2.11 bits per heavy atom. The van der Waals surface area contributed by atoms with E-state index in [2.05, 4.69) is 30.1 Å². The fourth-order valence-corrected chi connectivity index (χ4v) is 3.32. The zero-order chi connectivity index (χ0) is 13.6. The maximum atomic E-state index is 11.5. The highest BCUT2D eigenvalue weighted by atomic mass is 16.1. The second-order valence-electron chi connectivity index (χ2n) is 5.96. The van der Waals surface area contributed by atoms with Gasteiger partial charge in [-0.2, -0.15) is 0 Å². The van der Waals surface area contributed by atoms with E-state index in [4.69, 9.17) is 5.73 Å². The Morgan fingerprint density at radius 1 is 1.32 bits per heavy atom. The molecule has 1 amide bonds. The summed E-state index contributed by atoms with van der Waals surface area (Å²) in [6.45, 7) is 5.55. The molecule has 0 saturated carbocycles. The van der Waals surface area contributed by atoms with Crippen LogP contribution in [0.5, 0.6) is 0 Å². The van der Waals surface area contributed by atoms with E-state index in [-0.39, 0.29) is 5.91 Å². The molecular weight excluding hydrogens is 238 g/mol. The number of nitrogens with zero attached hydrogens (tertiary/aromatic N) is 1. The minimum absolute atomic E-state index is 0.103. The van der Waals surface area contributed by atoms with Crippen molar-refractivity contribution >= 4 is 23.0 Å². The zero-order valence-corrected chi connectivity index (χ0v) is 11.6. The molecule has 3 N–H and O–H groups in total. The average molecular weight is 259 g/mol. The van der Waals surface area contributed by atoms with E-state index in [1.54, 1.807) is 0 Å². The van der Waals surface area contributed by atoms with E-state index in [9.17, 15) is 4.79 Å². The van der Waals surface area contributed by atoms with Gasteiger partial charge in [-0.1, -0.05) is 6.92 Å². The molecule has 0 aromatic heterocycles. The number of anilines is 3. The maximum Gasteiger partial charge on any atom is 0.224 e. The molecule has 0 bridgehead atoms. The topological polar surface area (TPSA) is 58.4 Å². The third-order valence-corrected chi connectivity index (χ3v) is 4.24. The molecular formula is C15H21N3O. The van der Waals surface area contributed by atoms with Crippen LogP contribution >= 0.6 is 0 Å². The Bertz CT molecular complexity index is 526. The van der Waals surface area contributed by atoms with Gasteiger partial charge >= 0.3 is 0 Å². The molecule has 1 aromatic rings. The predicted octanol–water partition coefficient (Wildman–Crippen LogP) is 2.39. The molecule has 2 unspecified atom stereocenters. The van der Waals surface area contributed by atoms with Gasteiger partial charge in [-0.25, -0.2) is 0 Å². The lowest BCUT2D eigenvalue weighted by atomic mass is 10.0. The van der Waals surface area contributed by atoms with Crippen LogP contribution in [-0.2, 0) is 11.2 Å². The number of benzene rings is 1. The van der Waals surface area contributed by atoms with Crippen LogP contribution in [0.25, 0.3) is 0 Å². The van der Waals surface area contributed by atoms with Crippen molar-refractivity contribution in [3.63, 3.8) is 0 Å². The standard InChI is InChI=1S/C15H21N3O/c1-9-5-10(2)18(8-9)14-7-13-11(6-12(14)16)3-4-15(19)17-13/h6-7,9-10H,3-5,8,16H2,1-2H3,(H,17,19). The monoisotopic (exact) mass is 259 g/mol. The summed E-state index contributed by atoms with van der Waals surface area (Å²) in [7, 11) is 0. The second-order valence-corrected chi connectivity index (χ2v) is 5.96. The molecule has 1 fully saturated rings. The van der Waals surface area contributed by atoms with Crippen molar-refractivity contribution in [3.05, 3.63) is 17.7 Å². The number of aryl methyl sites for hydroxylation is 1. The van der Waals surface area contributed by atoms with Crippen LogP contribution in [0.3, 0.4) is 0 Å². The van der Waals surface area contributed by atoms with Crippen LogP contribution in [0.4, 0.5) is 17.1 Å². The Labute approximate surface area is 114 Å². The molecule has 0 radical (unpaired) electrons. The summed E-state index contributed by atoms with van der Waals surface area (Å²) in [5.74, 6) is 0.797. The van der Waals surface area contributed by atoms with Crippen molar-refractivity contribution < 1.29 is 4.79 Å². The van der Waals surface area contributed by atoms with Gasteiger partial charge in [0.15, 0.2) is 0 Å². The second kappa shape index (κ2) is 4.44. The van der Waals surface area contributed by atoms with E-state index in [1.165, 1.54) is 6.42 Å². The van der Waals surface area contributed by atoms with Crippen LogP contribution in [0.2, 0.25) is 0 Å². The largest absolute Gasteiger partial charge is 0.397 e. The Morgan fingerprint density at radius 3 is 2.79 bits per heavy atom. The van der Waals surface area contributed by atoms with Crippen LogP contribution in [0.15, 0.2) is 12.1 Å². The van der Waals surface area contributed by atoms with Crippen molar-refractivity contribution in [3.8, 4) is 0 Å². The third-order valence-electron chi connectivity index (χ3n) is 4.24. The van der Waals surface area contributed by atoms with Gasteiger partial charge in [0.25, 0.3) is 0 Å². The number of hydrogen-bond donors (Lipinski definition) is 2. The molecule has 2 aliphatic rings. The quantitative estimate of drug-likeness (QED) is 0.761. The van der Waals surface area contributed by atoms with Gasteiger partial charge in [0.05, 0.1) is 11.4 Å². The van der Waals surface area contributed by atoms with E-state index < -0.39 is 0 Å². The molecule has 2 aliphatic heterocycles. The number of nitrogens with one attached hydrogen (secondary N) is 1. The van der Waals surface area contributed by atoms with Crippen LogP contribution in [0.1, 0.15) is 32.3 Å². The fraction of sp³-hybridized carbons (Fsp3) is 0.533. The normalized spacial score (nSPS) is 26.2. The summed E-state index contributed by atoms with van der Waals surface area (Å²) in [6, 6.07) is 4.59. The summed E-state index contributed by atoms with van der Waals surface area (Å²) in [5.41, 5.74) is 10.2. The zero-order valence-electron chi connectivity index (χ0n) is 11.6. The number of nitrogen functional groups attached to an aromatic ring is 1. The SMILES string of the molecule is CC1CC(C)N(c2cc3c(cc2N)CCC(=O)N3)C1. The lowest BCUT2D eigenvalue weighted by Crippen LogP contribution is -2.28. The van der Waals surface area contributed by atoms with Crippen molar-refractivity contribution in [2.45, 2.75) is 39.2 Å². The van der Waals surface area contributed by atoms with Crippen molar-refractivity contribution in [1.82, 2.24) is 0 Å². The third kappa shape index (κ3) is 2.15. The molecule has 4 heteroatoms. The number of nitrogens with two attached hydrogens (primary N) is 1. The lowest BCUT2D eigenvalue weighted by molar-refractivity contribution is -0.116. The molecule has 3 rings (SSSR count). The highest BCUT2D eigenvalue weighted by Gasteiger charge is 2.28. The van der Waals surface area contributed by atoms with Crippen molar-refractivity contribution in [1.29, 1.82) is 0 Å². The fourth-order valence-electron chi connectivity index (χ4n) is 3.32. The predicted molar refractivity (Wildman–Crippen MR) is 78.4 cm³/mol. The summed E-state index contributed by atoms with van der Waals surface area (Å²) in [4.78, 5) is 13.9. The Kier molecular flexibility index (Phi) is 2.88. The molecule has 2 atom stereocenters. The summed E-state index contributed by atoms with van der Waals surface area (Å²) in [6.07, 6.45) is 2.55. The molecule has 2 heterocycles. The Hall–Kier alpha value is -1.71. The molecule has 1 saturated heterocycles. The van der Waals surface area contributed by atoms with Gasteiger partial charge in [0.2, 0.25) is 5.91 Å². The highest BCUT2D eigenvalue weighted by molar-refractivity contribution is 5.95. The number of carbonyl (C=O) groups excluding carboxylic acids is 1. The van der Waals surface area contributed by atoms with E-state index in [1.807, 2.05) is 6.07 Å². The number of rotatable bonds is 1. The van der Waals surface area contributed by atoms with Gasteiger partial charge in [0, 0.05) is 24.7 Å². The first kappa shape index (κ1) is 12.3. The minimum Gasteiger partial charge on any atom is -0.397 e. The maximum absolute atomic E-state index is 11.5. The number of hydrogen-bond acceptors (Lipinski definition) is 3. The first-order chi connectivity index (χ1) is 9.04. The number of fused-ring (bicyclic) bond motifs is 1. The van der Waals surface area contributed by atoms with E-state index in [0.29, 0.717) is 18.4 Å². The number of carbonyl (C=O) groups is 1. The highest BCUT2D eigenvalue weighted by Crippen LogP contribution is 2.37. The summed E-state index contributed by atoms with van der Waals surface area (Å²) < 4.78 is 0. The summed E-state index contributed by atoms with van der Waals surface area (Å²) >= 11 is 0. The Balaban J connectivity index is 1.98. The molecule has 102 valence electrons. The van der Waals surface area contributed by atoms with Crippen molar-refractivity contribution in [2.75, 3.05) is 22.5 Å². The van der Waals surface area contributed by atoms with Crippen LogP contribution < -0.4 is 16.0 Å². The smallest absolute Gasteiger partial charge is 0.224 e. The first-order valence-electron chi connectivity index (χ1n) is 7.03. The van der Waals surface area contributed by atoms with E-state index >= 15 is 0 Å². The molecule has 0 spiro atoms.